The third-order valence-corrected chi connectivity index (χ3v) is 7.17. The van der Waals surface area contributed by atoms with E-state index in [1.54, 1.807) is 0 Å². The van der Waals surface area contributed by atoms with Gasteiger partial charge in [0, 0.05) is 13.1 Å². The van der Waals surface area contributed by atoms with Crippen LogP contribution in [0.1, 0.15) is 12.8 Å². The standard InChI is InChI=1S/C17H17N3O4S2/c21-12-1-3-14(4-2-12)26(22,23)20-8-5-13(6-9-20)24-17-16-15(7-10-25-16)18-11-19-17/h1-4,7,10-11,13,21H,5-6,8-9H2. The molecule has 1 saturated heterocycles. The number of aromatic hydroxyl groups is 1. The third kappa shape index (κ3) is 3.25. The highest BCUT2D eigenvalue weighted by molar-refractivity contribution is 7.89. The van der Waals surface area contributed by atoms with E-state index >= 15 is 0 Å². The summed E-state index contributed by atoms with van der Waals surface area (Å²) in [5, 5.41) is 11.3. The van der Waals surface area contributed by atoms with Crippen molar-refractivity contribution in [3.63, 3.8) is 0 Å². The van der Waals surface area contributed by atoms with Crippen molar-refractivity contribution in [2.75, 3.05) is 13.1 Å². The lowest BCUT2D eigenvalue weighted by Crippen LogP contribution is -2.41. The number of hydrogen-bond acceptors (Lipinski definition) is 7. The van der Waals surface area contributed by atoms with Gasteiger partial charge in [-0.15, -0.1) is 11.3 Å². The molecule has 136 valence electrons. The van der Waals surface area contributed by atoms with Crippen LogP contribution in [0.3, 0.4) is 0 Å². The Morgan fingerprint density at radius 3 is 2.58 bits per heavy atom. The number of piperidine rings is 1. The van der Waals surface area contributed by atoms with E-state index in [0.29, 0.717) is 31.8 Å². The van der Waals surface area contributed by atoms with Crippen molar-refractivity contribution in [3.8, 4) is 11.6 Å². The van der Waals surface area contributed by atoms with Gasteiger partial charge in [0.1, 0.15) is 22.9 Å². The largest absolute Gasteiger partial charge is 0.508 e. The molecule has 2 aromatic heterocycles. The summed E-state index contributed by atoms with van der Waals surface area (Å²) in [5.41, 5.74) is 0.854. The number of phenolic OH excluding ortho intramolecular Hbond substituents is 1. The van der Waals surface area contributed by atoms with Crippen molar-refractivity contribution in [1.29, 1.82) is 0 Å². The van der Waals surface area contributed by atoms with Crippen LogP contribution in [0.4, 0.5) is 0 Å². The van der Waals surface area contributed by atoms with Crippen LogP contribution in [0.15, 0.2) is 46.9 Å². The van der Waals surface area contributed by atoms with Crippen LogP contribution in [0.5, 0.6) is 11.6 Å². The number of ether oxygens (including phenoxy) is 1. The number of thiophene rings is 1. The molecule has 1 aliphatic heterocycles. The van der Waals surface area contributed by atoms with Gasteiger partial charge in [-0.25, -0.2) is 18.4 Å². The number of hydrogen-bond donors (Lipinski definition) is 1. The Morgan fingerprint density at radius 1 is 1.12 bits per heavy atom. The van der Waals surface area contributed by atoms with E-state index in [0.717, 1.165) is 10.2 Å². The predicted molar refractivity (Wildman–Crippen MR) is 97.9 cm³/mol. The summed E-state index contributed by atoms with van der Waals surface area (Å²) in [6.07, 6.45) is 2.58. The van der Waals surface area contributed by atoms with Gasteiger partial charge in [0.05, 0.1) is 10.4 Å². The van der Waals surface area contributed by atoms with Gasteiger partial charge < -0.3 is 9.84 Å². The van der Waals surface area contributed by atoms with Crippen LogP contribution in [0, 0.1) is 0 Å². The van der Waals surface area contributed by atoms with Crippen molar-refractivity contribution in [1.82, 2.24) is 14.3 Å². The molecule has 9 heteroatoms. The lowest BCUT2D eigenvalue weighted by atomic mass is 10.1. The molecular weight excluding hydrogens is 374 g/mol. The second-order valence-electron chi connectivity index (χ2n) is 6.03. The van der Waals surface area contributed by atoms with Gasteiger partial charge in [-0.2, -0.15) is 4.31 Å². The van der Waals surface area contributed by atoms with Gasteiger partial charge in [-0.3, -0.25) is 0 Å². The van der Waals surface area contributed by atoms with Crippen molar-refractivity contribution in [2.45, 2.75) is 23.8 Å². The highest BCUT2D eigenvalue weighted by Crippen LogP contribution is 2.30. The molecular formula is C17H17N3O4S2. The van der Waals surface area contributed by atoms with Gasteiger partial charge in [-0.05, 0) is 48.6 Å². The van der Waals surface area contributed by atoms with E-state index in [1.807, 2.05) is 11.4 Å². The number of aromatic nitrogens is 2. The minimum atomic E-state index is -3.56. The third-order valence-electron chi connectivity index (χ3n) is 4.36. The van der Waals surface area contributed by atoms with E-state index in [2.05, 4.69) is 9.97 Å². The second kappa shape index (κ2) is 6.82. The van der Waals surface area contributed by atoms with Crippen LogP contribution in [-0.2, 0) is 10.0 Å². The van der Waals surface area contributed by atoms with Crippen LogP contribution in [0.25, 0.3) is 10.2 Å². The molecule has 4 rings (SSSR count). The van der Waals surface area contributed by atoms with Gasteiger partial charge >= 0.3 is 0 Å². The monoisotopic (exact) mass is 391 g/mol. The number of phenols is 1. The summed E-state index contributed by atoms with van der Waals surface area (Å²) < 4.78 is 33.8. The highest BCUT2D eigenvalue weighted by atomic mass is 32.2. The first kappa shape index (κ1) is 17.2. The molecule has 7 nitrogen and oxygen atoms in total. The second-order valence-corrected chi connectivity index (χ2v) is 8.88. The topological polar surface area (TPSA) is 92.6 Å². The molecule has 1 N–H and O–H groups in total. The Balaban J connectivity index is 1.44. The van der Waals surface area contributed by atoms with Crippen LogP contribution >= 0.6 is 11.3 Å². The highest BCUT2D eigenvalue weighted by Gasteiger charge is 2.30. The Labute approximate surface area is 154 Å². The maximum absolute atomic E-state index is 12.7. The molecule has 0 radical (unpaired) electrons. The molecule has 0 unspecified atom stereocenters. The number of sulfonamides is 1. The fourth-order valence-corrected chi connectivity index (χ4v) is 5.21. The van der Waals surface area contributed by atoms with Crippen molar-refractivity contribution in [3.05, 3.63) is 42.0 Å². The van der Waals surface area contributed by atoms with Crippen molar-refractivity contribution < 1.29 is 18.3 Å². The Kier molecular flexibility index (Phi) is 4.51. The summed E-state index contributed by atoms with van der Waals surface area (Å²) in [6.45, 7) is 0.763. The number of benzene rings is 1. The maximum atomic E-state index is 12.7. The minimum Gasteiger partial charge on any atom is -0.508 e. The predicted octanol–water partition coefficient (Wildman–Crippen LogP) is 2.63. The zero-order valence-corrected chi connectivity index (χ0v) is 15.4. The average molecular weight is 391 g/mol. The smallest absolute Gasteiger partial charge is 0.243 e. The Hall–Kier alpha value is -2.23. The minimum absolute atomic E-state index is 0.0424. The zero-order valence-electron chi connectivity index (χ0n) is 13.8. The molecule has 0 spiro atoms. The zero-order chi connectivity index (χ0) is 18.1. The van der Waals surface area contributed by atoms with Crippen LogP contribution < -0.4 is 4.74 Å². The SMILES string of the molecule is O=S(=O)(c1ccc(O)cc1)N1CCC(Oc2ncnc3ccsc23)CC1. The molecule has 1 aromatic carbocycles. The lowest BCUT2D eigenvalue weighted by Gasteiger charge is -2.31. The molecule has 1 fully saturated rings. The van der Waals surface area contributed by atoms with E-state index in [1.165, 1.54) is 46.2 Å². The van der Waals surface area contributed by atoms with E-state index in [4.69, 9.17) is 4.74 Å². The summed E-state index contributed by atoms with van der Waals surface area (Å²) in [7, 11) is -3.56. The van der Waals surface area contributed by atoms with Crippen molar-refractivity contribution in [2.24, 2.45) is 0 Å². The van der Waals surface area contributed by atoms with Gasteiger partial charge in [-0.1, -0.05) is 0 Å². The average Bonchev–Trinajstić information content (AvgIpc) is 3.12. The summed E-state index contributed by atoms with van der Waals surface area (Å²) in [6, 6.07) is 7.51. The van der Waals surface area contributed by atoms with Crippen molar-refractivity contribution >= 4 is 31.6 Å². The first-order chi connectivity index (χ1) is 12.5. The molecule has 3 aromatic rings. The molecule has 0 bridgehead atoms. The quantitative estimate of drug-likeness (QED) is 0.735. The molecule has 3 heterocycles. The van der Waals surface area contributed by atoms with E-state index < -0.39 is 10.0 Å². The molecule has 0 atom stereocenters. The number of fused-ring (bicyclic) bond motifs is 1. The first-order valence-electron chi connectivity index (χ1n) is 8.18. The fraction of sp³-hybridized carbons (Fsp3) is 0.294. The summed E-state index contributed by atoms with van der Waals surface area (Å²) in [5.74, 6) is 0.602. The van der Waals surface area contributed by atoms with E-state index in [9.17, 15) is 13.5 Å². The molecule has 1 aliphatic rings. The normalized spacial score (nSPS) is 16.8. The molecule has 26 heavy (non-hydrogen) atoms. The lowest BCUT2D eigenvalue weighted by molar-refractivity contribution is 0.132. The van der Waals surface area contributed by atoms with Gasteiger partial charge in [0.15, 0.2) is 0 Å². The molecule has 0 saturated carbocycles. The molecule has 0 aliphatic carbocycles. The number of nitrogens with zero attached hydrogens (tertiary/aromatic N) is 3. The summed E-state index contributed by atoms with van der Waals surface area (Å²) >= 11 is 1.53. The maximum Gasteiger partial charge on any atom is 0.243 e. The first-order valence-corrected chi connectivity index (χ1v) is 10.5. The van der Waals surface area contributed by atoms with E-state index in [-0.39, 0.29) is 16.7 Å². The molecule has 0 amide bonds. The Morgan fingerprint density at radius 2 is 1.85 bits per heavy atom. The number of rotatable bonds is 4. The van der Waals surface area contributed by atoms with Gasteiger partial charge in [0.25, 0.3) is 0 Å². The van der Waals surface area contributed by atoms with Crippen LogP contribution in [0.2, 0.25) is 0 Å². The fourth-order valence-electron chi connectivity index (χ4n) is 2.97. The Bertz CT molecular complexity index is 1010. The summed E-state index contributed by atoms with van der Waals surface area (Å²) in [4.78, 5) is 8.60. The van der Waals surface area contributed by atoms with Gasteiger partial charge in [0.2, 0.25) is 15.9 Å². The van der Waals surface area contributed by atoms with Crippen LogP contribution in [-0.4, -0.2) is 47.0 Å².